The maximum absolute atomic E-state index is 13.1. The van der Waals surface area contributed by atoms with Crippen LogP contribution >= 0.6 is 11.6 Å². The molecule has 4 N–H and O–H groups in total. The zero-order chi connectivity index (χ0) is 26.9. The lowest BCUT2D eigenvalue weighted by Gasteiger charge is -2.47. The topological polar surface area (TPSA) is 80.1 Å². The SMILES string of the molecule is CC(C)(C)[Si](OC1CC[C@@H](NC(=O)c2cc3cc(Cl)ccc3[nH]2)[C@@H](N)C1)(c1ccccc1)c1ccccc1. The average molecular weight is 546 g/mol. The Hall–Kier alpha value is -2.90. The molecule has 0 saturated heterocycles. The molecule has 0 aliphatic heterocycles. The zero-order valence-electron chi connectivity index (χ0n) is 22.2. The van der Waals surface area contributed by atoms with Gasteiger partial charge in [-0.3, -0.25) is 4.79 Å². The van der Waals surface area contributed by atoms with Gasteiger partial charge in [-0.2, -0.15) is 0 Å². The molecule has 3 atom stereocenters. The van der Waals surface area contributed by atoms with Crippen LogP contribution in [0.4, 0.5) is 0 Å². The van der Waals surface area contributed by atoms with Gasteiger partial charge in [-0.1, -0.05) is 93.0 Å². The van der Waals surface area contributed by atoms with Gasteiger partial charge in [0, 0.05) is 34.1 Å². The lowest BCUT2D eigenvalue weighted by molar-refractivity contribution is 0.0853. The Bertz CT molecular complexity index is 1360. The Kier molecular flexibility index (Phi) is 7.51. The summed E-state index contributed by atoms with van der Waals surface area (Å²) in [4.78, 5) is 16.3. The number of hydrogen-bond donors (Lipinski definition) is 3. The van der Waals surface area contributed by atoms with E-state index in [-0.39, 0.29) is 29.1 Å². The number of benzene rings is 3. The smallest absolute Gasteiger partial charge is 0.268 e. The molecule has 7 heteroatoms. The highest BCUT2D eigenvalue weighted by Gasteiger charge is 2.52. The lowest BCUT2D eigenvalue weighted by Crippen LogP contribution is -2.68. The highest BCUT2D eigenvalue weighted by atomic mass is 35.5. The summed E-state index contributed by atoms with van der Waals surface area (Å²) in [7, 11) is -2.66. The number of aromatic nitrogens is 1. The van der Waals surface area contributed by atoms with Crippen molar-refractivity contribution in [1.29, 1.82) is 0 Å². The summed E-state index contributed by atoms with van der Waals surface area (Å²) >= 11 is 6.11. The van der Waals surface area contributed by atoms with Crippen LogP contribution < -0.4 is 21.4 Å². The number of carbonyl (C=O) groups excluding carboxylic acids is 1. The van der Waals surface area contributed by atoms with E-state index in [2.05, 4.69) is 91.7 Å². The van der Waals surface area contributed by atoms with Crippen molar-refractivity contribution in [3.05, 3.63) is 95.6 Å². The fourth-order valence-corrected chi connectivity index (χ4v) is 10.8. The van der Waals surface area contributed by atoms with Gasteiger partial charge in [-0.25, -0.2) is 0 Å². The third-order valence-electron chi connectivity index (χ3n) is 7.76. The van der Waals surface area contributed by atoms with E-state index in [1.54, 1.807) is 0 Å². The van der Waals surface area contributed by atoms with Crippen molar-refractivity contribution < 1.29 is 9.22 Å². The van der Waals surface area contributed by atoms with Crippen molar-refractivity contribution >= 4 is 47.1 Å². The summed E-state index contributed by atoms with van der Waals surface area (Å²) in [5.41, 5.74) is 8.08. The number of amides is 1. The number of H-pyrrole nitrogens is 1. The Morgan fingerprint density at radius 2 is 1.61 bits per heavy atom. The molecule has 1 aliphatic carbocycles. The van der Waals surface area contributed by atoms with Crippen LogP contribution in [-0.2, 0) is 4.43 Å². The number of nitrogens with one attached hydrogen (secondary N) is 2. The first kappa shape index (κ1) is 26.7. The van der Waals surface area contributed by atoms with E-state index in [4.69, 9.17) is 21.8 Å². The third kappa shape index (κ3) is 5.18. The monoisotopic (exact) mass is 545 g/mol. The molecule has 1 aromatic heterocycles. The Balaban J connectivity index is 1.35. The summed E-state index contributed by atoms with van der Waals surface area (Å²) in [6.45, 7) is 6.87. The maximum Gasteiger partial charge on any atom is 0.268 e. The molecule has 0 bridgehead atoms. The standard InChI is InChI=1S/C31H36ClN3O2Si/c1-31(2,3)38(24-10-6-4-7-11-24,25-12-8-5-9-13-25)37-23-15-17-28(26(33)20-23)35-30(36)29-19-21-18-22(32)14-16-27(21)34-29/h4-14,16,18-19,23,26,28,34H,15,17,20,33H2,1-3H3,(H,35,36)/t23?,26-,28+/m0/s1. The van der Waals surface area contributed by atoms with E-state index >= 15 is 0 Å². The van der Waals surface area contributed by atoms with E-state index in [9.17, 15) is 4.79 Å². The first-order valence-corrected chi connectivity index (χ1v) is 15.6. The van der Waals surface area contributed by atoms with E-state index in [0.29, 0.717) is 17.1 Å². The van der Waals surface area contributed by atoms with Crippen LogP contribution in [-0.4, -0.2) is 37.4 Å². The van der Waals surface area contributed by atoms with E-state index in [1.165, 1.54) is 10.4 Å². The molecule has 0 spiro atoms. The number of carbonyl (C=O) groups is 1. The summed E-state index contributed by atoms with van der Waals surface area (Å²) in [5.74, 6) is -0.149. The second-order valence-corrected chi connectivity index (χ2v) is 16.1. The van der Waals surface area contributed by atoms with E-state index in [0.717, 1.165) is 23.7 Å². The third-order valence-corrected chi connectivity index (χ3v) is 13.1. The van der Waals surface area contributed by atoms with Gasteiger partial charge in [-0.05, 0) is 58.9 Å². The first-order valence-electron chi connectivity index (χ1n) is 13.3. The van der Waals surface area contributed by atoms with Gasteiger partial charge in [0.2, 0.25) is 0 Å². The average Bonchev–Trinajstić information content (AvgIpc) is 3.32. The van der Waals surface area contributed by atoms with E-state index in [1.807, 2.05) is 24.3 Å². The number of nitrogens with two attached hydrogens (primary N) is 1. The molecule has 5 nitrogen and oxygen atoms in total. The first-order chi connectivity index (χ1) is 18.2. The van der Waals surface area contributed by atoms with Crippen molar-refractivity contribution in [2.75, 3.05) is 0 Å². The van der Waals surface area contributed by atoms with Gasteiger partial charge in [-0.15, -0.1) is 0 Å². The molecule has 3 aromatic carbocycles. The van der Waals surface area contributed by atoms with Crippen molar-refractivity contribution in [1.82, 2.24) is 10.3 Å². The van der Waals surface area contributed by atoms with Crippen LogP contribution in [0.15, 0.2) is 84.9 Å². The zero-order valence-corrected chi connectivity index (χ0v) is 24.0. The number of hydrogen-bond acceptors (Lipinski definition) is 3. The number of halogens is 1. The number of rotatable bonds is 6. The van der Waals surface area contributed by atoms with Crippen LogP contribution in [0.1, 0.15) is 50.5 Å². The second kappa shape index (κ2) is 10.7. The predicted molar refractivity (Wildman–Crippen MR) is 159 cm³/mol. The van der Waals surface area contributed by atoms with Gasteiger partial charge >= 0.3 is 0 Å². The molecule has 198 valence electrons. The predicted octanol–water partition coefficient (Wildman–Crippen LogP) is 5.38. The minimum atomic E-state index is -2.66. The van der Waals surface area contributed by atoms with Crippen molar-refractivity contribution in [2.24, 2.45) is 5.73 Å². The molecule has 0 radical (unpaired) electrons. The fourth-order valence-electron chi connectivity index (χ4n) is 5.86. The summed E-state index contributed by atoms with van der Waals surface area (Å²) in [6, 6.07) is 28.4. The van der Waals surface area contributed by atoms with Crippen LogP contribution in [0.25, 0.3) is 10.9 Å². The second-order valence-electron chi connectivity index (χ2n) is 11.4. The van der Waals surface area contributed by atoms with E-state index < -0.39 is 8.32 Å². The van der Waals surface area contributed by atoms with Gasteiger partial charge in [0.1, 0.15) is 5.69 Å². The molecule has 1 heterocycles. The normalized spacial score (nSPS) is 20.4. The Labute approximate surface area is 230 Å². The van der Waals surface area contributed by atoms with Crippen molar-refractivity contribution in [2.45, 2.75) is 63.3 Å². The summed E-state index contributed by atoms with van der Waals surface area (Å²) < 4.78 is 7.30. The maximum atomic E-state index is 13.1. The quantitative estimate of drug-likeness (QED) is 0.285. The van der Waals surface area contributed by atoms with Crippen LogP contribution in [0.5, 0.6) is 0 Å². The molecule has 1 saturated carbocycles. The highest BCUT2D eigenvalue weighted by molar-refractivity contribution is 6.99. The lowest BCUT2D eigenvalue weighted by atomic mass is 9.89. The molecule has 1 amide bonds. The minimum Gasteiger partial charge on any atom is -0.404 e. The summed E-state index contributed by atoms with van der Waals surface area (Å²) in [6.07, 6.45) is 2.31. The largest absolute Gasteiger partial charge is 0.404 e. The van der Waals surface area contributed by atoms with Gasteiger partial charge < -0.3 is 20.5 Å². The molecule has 4 aromatic rings. The minimum absolute atomic E-state index is 0.0136. The molecule has 1 aliphatic rings. The van der Waals surface area contributed by atoms with Crippen LogP contribution in [0.2, 0.25) is 10.1 Å². The Morgan fingerprint density at radius 1 is 0.974 bits per heavy atom. The molecule has 5 rings (SSSR count). The molecule has 38 heavy (non-hydrogen) atoms. The number of fused-ring (bicyclic) bond motifs is 1. The van der Waals surface area contributed by atoms with Crippen LogP contribution in [0.3, 0.4) is 0 Å². The van der Waals surface area contributed by atoms with Gasteiger partial charge in [0.05, 0.1) is 0 Å². The highest BCUT2D eigenvalue weighted by Crippen LogP contribution is 2.39. The molecular formula is C31H36ClN3O2Si. The van der Waals surface area contributed by atoms with Gasteiger partial charge in [0.15, 0.2) is 0 Å². The number of aromatic amines is 1. The Morgan fingerprint density at radius 3 is 2.18 bits per heavy atom. The van der Waals surface area contributed by atoms with Crippen molar-refractivity contribution in [3.8, 4) is 0 Å². The fraction of sp³-hybridized carbons (Fsp3) is 0.323. The molecule has 1 unspecified atom stereocenters. The van der Waals surface area contributed by atoms with Crippen molar-refractivity contribution in [3.63, 3.8) is 0 Å². The van der Waals surface area contributed by atoms with Crippen LogP contribution in [0, 0.1) is 0 Å². The molecular weight excluding hydrogens is 510 g/mol. The summed E-state index contributed by atoms with van der Waals surface area (Å²) in [5, 5.41) is 7.16. The van der Waals surface area contributed by atoms with Gasteiger partial charge in [0.25, 0.3) is 14.2 Å². The molecule has 1 fully saturated rings.